The summed E-state index contributed by atoms with van der Waals surface area (Å²) in [4.78, 5) is 34.8. The molecule has 0 spiro atoms. The molecule has 0 radical (unpaired) electrons. The maximum Gasteiger partial charge on any atom is 0.364 e. The molecule has 33 heavy (non-hydrogen) atoms. The lowest BCUT2D eigenvalue weighted by molar-refractivity contribution is -0.297. The van der Waals surface area contributed by atoms with Crippen LogP contribution in [0.15, 0.2) is 30.3 Å². The van der Waals surface area contributed by atoms with Crippen LogP contribution >= 0.6 is 0 Å². The van der Waals surface area contributed by atoms with Crippen LogP contribution in [0.2, 0.25) is 0 Å². The molecule has 1 aliphatic heterocycles. The summed E-state index contributed by atoms with van der Waals surface area (Å²) < 4.78 is 10.2. The Morgan fingerprint density at radius 2 is 1.91 bits per heavy atom. The lowest BCUT2D eigenvalue weighted by atomic mass is 9.83. The summed E-state index contributed by atoms with van der Waals surface area (Å²) in [6.45, 7) is 0.584. The van der Waals surface area contributed by atoms with E-state index in [0.29, 0.717) is 0 Å². The van der Waals surface area contributed by atoms with Crippen LogP contribution in [0.5, 0.6) is 0 Å². The average molecular weight is 470 g/mol. The number of hydrogen-bond acceptors (Lipinski definition) is 10. The first-order chi connectivity index (χ1) is 15.4. The second kappa shape index (κ2) is 11.5. The van der Waals surface area contributed by atoms with Crippen LogP contribution in [0.3, 0.4) is 0 Å². The van der Waals surface area contributed by atoms with Crippen molar-refractivity contribution in [2.24, 2.45) is 11.7 Å². The van der Waals surface area contributed by atoms with Gasteiger partial charge in [0.15, 0.2) is 0 Å². The Morgan fingerprint density at radius 1 is 1.27 bits per heavy atom. The zero-order valence-electron chi connectivity index (χ0n) is 18.0. The summed E-state index contributed by atoms with van der Waals surface area (Å²) in [5, 5.41) is 52.5. The summed E-state index contributed by atoms with van der Waals surface area (Å²) in [6, 6.07) is 7.99. The number of aliphatic hydroxyl groups is 4. The Balaban J connectivity index is 2.01. The van der Waals surface area contributed by atoms with Crippen LogP contribution < -0.4 is 11.1 Å². The van der Waals surface area contributed by atoms with E-state index in [4.69, 9.17) is 15.2 Å². The molecule has 7 atom stereocenters. The lowest BCUT2D eigenvalue weighted by Gasteiger charge is -2.44. The largest absolute Gasteiger partial charge is 0.477 e. The number of ether oxygens (including phenoxy) is 2. The van der Waals surface area contributed by atoms with Crippen LogP contribution in [0.25, 0.3) is 0 Å². The first-order valence-corrected chi connectivity index (χ1v) is 10.3. The SMILES string of the molecule is CC(=O)N[C@@H](O)C1C(O)CC(O)(C(=O)O)OC1C[C@H](O)COC(=O)C(N)Cc1ccccc1. The number of esters is 1. The van der Waals surface area contributed by atoms with Gasteiger partial charge in [0.2, 0.25) is 5.91 Å². The number of nitrogens with one attached hydrogen (secondary N) is 1. The van der Waals surface area contributed by atoms with E-state index >= 15 is 0 Å². The van der Waals surface area contributed by atoms with Crippen LogP contribution in [0, 0.1) is 5.92 Å². The van der Waals surface area contributed by atoms with Gasteiger partial charge in [-0.2, -0.15) is 0 Å². The second-order valence-corrected chi connectivity index (χ2v) is 8.06. The normalized spacial score (nSPS) is 27.8. The van der Waals surface area contributed by atoms with Gasteiger partial charge in [0.1, 0.15) is 18.9 Å². The highest BCUT2D eigenvalue weighted by molar-refractivity contribution is 5.76. The molecule has 1 fully saturated rings. The van der Waals surface area contributed by atoms with Gasteiger partial charge in [-0.05, 0) is 12.0 Å². The number of aliphatic carboxylic acids is 1. The molecule has 2 rings (SSSR count). The molecule has 1 aromatic carbocycles. The predicted molar refractivity (Wildman–Crippen MR) is 111 cm³/mol. The standard InChI is InChI=1S/C21H30N2O10/c1-11(24)23-18(27)17-15(26)9-21(31,20(29)30)33-16(17)8-13(25)10-32-19(28)14(22)7-12-5-3-2-4-6-12/h2-6,13-18,25-27,31H,7-10,22H2,1H3,(H,23,24)(H,29,30)/t13-,14?,15?,16?,17?,18-,21?/m0/s1. The van der Waals surface area contributed by atoms with Gasteiger partial charge >= 0.3 is 11.9 Å². The van der Waals surface area contributed by atoms with Crippen molar-refractivity contribution in [3.8, 4) is 0 Å². The fraction of sp³-hybridized carbons (Fsp3) is 0.571. The molecule has 8 N–H and O–H groups in total. The van der Waals surface area contributed by atoms with E-state index in [1.807, 2.05) is 6.07 Å². The Kier molecular flexibility index (Phi) is 9.28. The predicted octanol–water partition coefficient (Wildman–Crippen LogP) is -2.16. The van der Waals surface area contributed by atoms with E-state index in [2.05, 4.69) is 5.32 Å². The third-order valence-corrected chi connectivity index (χ3v) is 5.28. The maximum atomic E-state index is 12.1. The minimum atomic E-state index is -2.77. The Morgan fingerprint density at radius 3 is 2.48 bits per heavy atom. The molecule has 0 aromatic heterocycles. The van der Waals surface area contributed by atoms with Gasteiger partial charge in [-0.3, -0.25) is 9.59 Å². The second-order valence-electron chi connectivity index (χ2n) is 8.06. The Hall–Kier alpha value is -2.61. The molecular weight excluding hydrogens is 440 g/mol. The fourth-order valence-corrected chi connectivity index (χ4v) is 3.68. The zero-order chi connectivity index (χ0) is 24.8. The van der Waals surface area contributed by atoms with Crippen molar-refractivity contribution in [1.82, 2.24) is 5.32 Å². The molecule has 0 saturated carbocycles. The fourth-order valence-electron chi connectivity index (χ4n) is 3.68. The van der Waals surface area contributed by atoms with E-state index in [1.54, 1.807) is 24.3 Å². The van der Waals surface area contributed by atoms with Crippen molar-refractivity contribution >= 4 is 17.8 Å². The molecule has 184 valence electrons. The minimum Gasteiger partial charge on any atom is -0.477 e. The molecule has 1 amide bonds. The number of nitrogens with two attached hydrogens (primary N) is 1. The molecule has 0 bridgehead atoms. The van der Waals surface area contributed by atoms with Crippen molar-refractivity contribution in [2.75, 3.05) is 6.61 Å². The molecule has 1 aliphatic rings. The zero-order valence-corrected chi connectivity index (χ0v) is 18.0. The number of carbonyl (C=O) groups excluding carboxylic acids is 2. The summed E-state index contributed by atoms with van der Waals surface area (Å²) in [6.07, 6.45) is -7.09. The monoisotopic (exact) mass is 470 g/mol. The number of aliphatic hydroxyl groups excluding tert-OH is 3. The quantitative estimate of drug-likeness (QED) is 0.145. The number of amides is 1. The molecule has 1 heterocycles. The lowest BCUT2D eigenvalue weighted by Crippen LogP contribution is -2.61. The highest BCUT2D eigenvalue weighted by Gasteiger charge is 2.53. The summed E-state index contributed by atoms with van der Waals surface area (Å²) in [5.41, 5.74) is 6.64. The van der Waals surface area contributed by atoms with Gasteiger partial charge in [-0.25, -0.2) is 4.79 Å². The third-order valence-electron chi connectivity index (χ3n) is 5.28. The van der Waals surface area contributed by atoms with E-state index in [1.165, 1.54) is 0 Å². The molecule has 5 unspecified atom stereocenters. The molecular formula is C21H30N2O10. The summed E-state index contributed by atoms with van der Waals surface area (Å²) in [7, 11) is 0. The smallest absolute Gasteiger partial charge is 0.364 e. The van der Waals surface area contributed by atoms with Gasteiger partial charge in [0.25, 0.3) is 5.79 Å². The van der Waals surface area contributed by atoms with E-state index in [0.717, 1.165) is 12.5 Å². The summed E-state index contributed by atoms with van der Waals surface area (Å²) >= 11 is 0. The molecule has 1 saturated heterocycles. The van der Waals surface area contributed by atoms with Gasteiger partial charge in [0.05, 0.1) is 24.2 Å². The van der Waals surface area contributed by atoms with E-state index in [-0.39, 0.29) is 6.42 Å². The van der Waals surface area contributed by atoms with Crippen molar-refractivity contribution in [1.29, 1.82) is 0 Å². The van der Waals surface area contributed by atoms with Crippen molar-refractivity contribution in [3.05, 3.63) is 35.9 Å². The van der Waals surface area contributed by atoms with Crippen molar-refractivity contribution in [3.63, 3.8) is 0 Å². The highest BCUT2D eigenvalue weighted by atomic mass is 16.7. The molecule has 12 heteroatoms. The molecule has 12 nitrogen and oxygen atoms in total. The third kappa shape index (κ3) is 7.45. The number of hydrogen-bond donors (Lipinski definition) is 7. The number of carboxylic acid groups (broad SMARTS) is 1. The van der Waals surface area contributed by atoms with Gasteiger partial charge in [-0.15, -0.1) is 0 Å². The van der Waals surface area contributed by atoms with Gasteiger partial charge in [-0.1, -0.05) is 30.3 Å². The summed E-state index contributed by atoms with van der Waals surface area (Å²) in [5.74, 6) is -7.23. The Labute approximate surface area is 189 Å². The van der Waals surface area contributed by atoms with Crippen molar-refractivity contribution < 1.29 is 49.4 Å². The van der Waals surface area contributed by atoms with Crippen LogP contribution in [-0.4, -0.2) is 86.4 Å². The number of rotatable bonds is 10. The first-order valence-electron chi connectivity index (χ1n) is 10.3. The average Bonchev–Trinajstić information content (AvgIpc) is 2.71. The first kappa shape index (κ1) is 26.6. The Bertz CT molecular complexity index is 823. The number of carbonyl (C=O) groups is 3. The van der Waals surface area contributed by atoms with Crippen molar-refractivity contribution in [2.45, 2.75) is 62.6 Å². The van der Waals surface area contributed by atoms with Gasteiger partial charge in [0, 0.05) is 19.8 Å². The topological polar surface area (TPSA) is 209 Å². The number of carboxylic acids is 1. The van der Waals surface area contributed by atoms with Crippen LogP contribution in [-0.2, 0) is 30.3 Å². The minimum absolute atomic E-state index is 0.213. The molecule has 0 aliphatic carbocycles. The van der Waals surface area contributed by atoms with Gasteiger partial charge < -0.3 is 46.1 Å². The van der Waals surface area contributed by atoms with Crippen LogP contribution in [0.4, 0.5) is 0 Å². The highest BCUT2D eigenvalue weighted by Crippen LogP contribution is 2.35. The van der Waals surface area contributed by atoms with E-state index < -0.39 is 79.6 Å². The molecule has 1 aromatic rings. The number of benzene rings is 1. The van der Waals surface area contributed by atoms with Crippen LogP contribution in [0.1, 0.15) is 25.3 Å². The maximum absolute atomic E-state index is 12.1. The van der Waals surface area contributed by atoms with E-state index in [9.17, 15) is 39.9 Å².